The van der Waals surface area contributed by atoms with Crippen molar-refractivity contribution >= 4 is 5.96 Å². The van der Waals surface area contributed by atoms with Crippen molar-refractivity contribution in [2.75, 3.05) is 46.5 Å². The van der Waals surface area contributed by atoms with Crippen molar-refractivity contribution in [3.8, 4) is 0 Å². The van der Waals surface area contributed by atoms with Crippen LogP contribution in [0.3, 0.4) is 0 Å². The average Bonchev–Trinajstić information content (AvgIpc) is 2.81. The van der Waals surface area contributed by atoms with Crippen LogP contribution < -0.4 is 5.32 Å². The summed E-state index contributed by atoms with van der Waals surface area (Å²) < 4.78 is 17.9. The lowest BCUT2D eigenvalue weighted by Gasteiger charge is -2.35. The van der Waals surface area contributed by atoms with Gasteiger partial charge in [0.05, 0.1) is 24.9 Å². The van der Waals surface area contributed by atoms with Gasteiger partial charge in [-0.05, 0) is 51.0 Å². The van der Waals surface area contributed by atoms with Crippen LogP contribution >= 0.6 is 0 Å². The molecule has 2 unspecified atom stereocenters. The first-order valence-corrected chi connectivity index (χ1v) is 11.6. The second-order valence-electron chi connectivity index (χ2n) is 8.26. The molecular formula is C24H39N3O3. The Morgan fingerprint density at radius 2 is 2.00 bits per heavy atom. The van der Waals surface area contributed by atoms with Gasteiger partial charge >= 0.3 is 0 Å². The summed E-state index contributed by atoms with van der Waals surface area (Å²) in [6.07, 6.45) is 7.43. The molecule has 0 aromatic heterocycles. The smallest absolute Gasteiger partial charge is 0.193 e. The van der Waals surface area contributed by atoms with Crippen molar-refractivity contribution in [1.82, 2.24) is 10.2 Å². The van der Waals surface area contributed by atoms with E-state index >= 15 is 0 Å². The molecule has 1 aromatic rings. The molecule has 168 valence electrons. The third-order valence-electron chi connectivity index (χ3n) is 5.99. The van der Waals surface area contributed by atoms with Crippen LogP contribution in [0.15, 0.2) is 35.3 Å². The normalized spacial score (nSPS) is 22.1. The second-order valence-corrected chi connectivity index (χ2v) is 8.26. The number of rotatable bonds is 9. The quantitative estimate of drug-likeness (QED) is 0.376. The van der Waals surface area contributed by atoms with E-state index in [-0.39, 0.29) is 6.10 Å². The topological polar surface area (TPSA) is 55.3 Å². The van der Waals surface area contributed by atoms with Crippen molar-refractivity contribution in [1.29, 1.82) is 0 Å². The van der Waals surface area contributed by atoms with Crippen LogP contribution in [0, 0.1) is 0 Å². The van der Waals surface area contributed by atoms with Crippen molar-refractivity contribution in [2.45, 2.75) is 63.8 Å². The van der Waals surface area contributed by atoms with Gasteiger partial charge in [-0.1, -0.05) is 30.3 Å². The number of piperidine rings is 1. The summed E-state index contributed by atoms with van der Waals surface area (Å²) in [5.41, 5.74) is 1.22. The Hall–Kier alpha value is -1.63. The molecule has 0 radical (unpaired) electrons. The molecule has 0 saturated carbocycles. The highest BCUT2D eigenvalue weighted by atomic mass is 16.5. The lowest BCUT2D eigenvalue weighted by molar-refractivity contribution is -0.0721. The number of guanidine groups is 1. The minimum absolute atomic E-state index is 0.128. The Morgan fingerprint density at radius 1 is 1.20 bits per heavy atom. The van der Waals surface area contributed by atoms with Gasteiger partial charge in [0.25, 0.3) is 0 Å². The molecule has 6 nitrogen and oxygen atoms in total. The Morgan fingerprint density at radius 3 is 2.70 bits per heavy atom. The summed E-state index contributed by atoms with van der Waals surface area (Å²) in [6, 6.07) is 10.4. The van der Waals surface area contributed by atoms with Gasteiger partial charge in [0.15, 0.2) is 5.96 Å². The van der Waals surface area contributed by atoms with Gasteiger partial charge < -0.3 is 24.4 Å². The molecule has 6 heteroatoms. The third-order valence-corrected chi connectivity index (χ3v) is 5.99. The Bertz CT molecular complexity index is 611. The molecule has 0 spiro atoms. The van der Waals surface area contributed by atoms with E-state index in [0.717, 1.165) is 71.1 Å². The van der Waals surface area contributed by atoms with Crippen LogP contribution in [0.25, 0.3) is 0 Å². The van der Waals surface area contributed by atoms with Gasteiger partial charge in [-0.3, -0.25) is 4.99 Å². The number of nitrogens with one attached hydrogen (secondary N) is 1. The zero-order chi connectivity index (χ0) is 21.0. The van der Waals surface area contributed by atoms with E-state index in [9.17, 15) is 0 Å². The number of nitrogens with zero attached hydrogens (tertiary/aromatic N) is 2. The van der Waals surface area contributed by atoms with E-state index in [1.807, 2.05) is 13.1 Å². The number of aliphatic imine (C=N–C) groups is 1. The zero-order valence-corrected chi connectivity index (χ0v) is 18.7. The van der Waals surface area contributed by atoms with Crippen molar-refractivity contribution in [2.24, 2.45) is 4.99 Å². The van der Waals surface area contributed by atoms with Crippen molar-refractivity contribution in [3.63, 3.8) is 0 Å². The minimum atomic E-state index is 0.128. The summed E-state index contributed by atoms with van der Waals surface area (Å²) in [6.45, 7) is 7.32. The van der Waals surface area contributed by atoms with Crippen molar-refractivity contribution < 1.29 is 14.2 Å². The average molecular weight is 418 g/mol. The molecule has 3 rings (SSSR count). The molecule has 2 fully saturated rings. The fourth-order valence-corrected chi connectivity index (χ4v) is 4.10. The zero-order valence-electron chi connectivity index (χ0n) is 18.7. The highest BCUT2D eigenvalue weighted by molar-refractivity contribution is 5.79. The summed E-state index contributed by atoms with van der Waals surface area (Å²) in [5.74, 6) is 0.986. The fraction of sp³-hybridized carbons (Fsp3) is 0.708. The highest BCUT2D eigenvalue weighted by Crippen LogP contribution is 2.18. The van der Waals surface area contributed by atoms with Gasteiger partial charge in [-0.15, -0.1) is 0 Å². The van der Waals surface area contributed by atoms with E-state index in [1.165, 1.54) is 18.4 Å². The SMILES string of the molecule is CN=C(NCCCOC(C)c1ccccc1)N1CCC(OCC2CCCCO2)CC1. The molecule has 2 aliphatic rings. The molecule has 2 atom stereocenters. The number of hydrogen-bond acceptors (Lipinski definition) is 4. The van der Waals surface area contributed by atoms with E-state index in [0.29, 0.717) is 12.2 Å². The predicted molar refractivity (Wildman–Crippen MR) is 121 cm³/mol. The highest BCUT2D eigenvalue weighted by Gasteiger charge is 2.23. The predicted octanol–water partition coefficient (Wildman–Crippen LogP) is 3.78. The van der Waals surface area contributed by atoms with E-state index < -0.39 is 0 Å². The lowest BCUT2D eigenvalue weighted by atomic mass is 10.1. The second kappa shape index (κ2) is 12.9. The van der Waals surface area contributed by atoms with Crippen LogP contribution in [-0.2, 0) is 14.2 Å². The first-order chi connectivity index (χ1) is 14.8. The fourth-order valence-electron chi connectivity index (χ4n) is 4.10. The molecule has 0 amide bonds. The molecule has 2 heterocycles. The molecule has 30 heavy (non-hydrogen) atoms. The van der Waals surface area contributed by atoms with E-state index in [2.05, 4.69) is 46.4 Å². The Balaban J connectivity index is 1.27. The van der Waals surface area contributed by atoms with Crippen LogP contribution in [0.1, 0.15) is 57.1 Å². The number of hydrogen-bond donors (Lipinski definition) is 1. The molecule has 1 aromatic carbocycles. The van der Waals surface area contributed by atoms with Gasteiger partial charge in [0, 0.05) is 39.9 Å². The summed E-state index contributed by atoms with van der Waals surface area (Å²) in [7, 11) is 1.86. The van der Waals surface area contributed by atoms with Crippen molar-refractivity contribution in [3.05, 3.63) is 35.9 Å². The maximum absolute atomic E-state index is 6.13. The monoisotopic (exact) mass is 417 g/mol. The molecular weight excluding hydrogens is 378 g/mol. The van der Waals surface area contributed by atoms with Gasteiger partial charge in [0.2, 0.25) is 0 Å². The third kappa shape index (κ3) is 7.56. The Kier molecular flexibility index (Phi) is 9.93. The maximum Gasteiger partial charge on any atom is 0.193 e. The number of ether oxygens (including phenoxy) is 3. The van der Waals surface area contributed by atoms with E-state index in [1.54, 1.807) is 0 Å². The molecule has 1 N–H and O–H groups in total. The van der Waals surface area contributed by atoms with Gasteiger partial charge in [-0.25, -0.2) is 0 Å². The van der Waals surface area contributed by atoms with Crippen LogP contribution in [-0.4, -0.2) is 69.6 Å². The maximum atomic E-state index is 6.13. The van der Waals surface area contributed by atoms with Gasteiger partial charge in [-0.2, -0.15) is 0 Å². The molecule has 0 bridgehead atoms. The molecule has 2 aliphatic heterocycles. The summed E-state index contributed by atoms with van der Waals surface area (Å²) in [4.78, 5) is 6.80. The summed E-state index contributed by atoms with van der Waals surface area (Å²) in [5, 5.41) is 3.49. The largest absolute Gasteiger partial charge is 0.376 e. The standard InChI is InChI=1S/C24H39N3O3/c1-20(21-9-4-3-5-10-21)28-18-8-14-26-24(25-2)27-15-12-22(13-16-27)30-19-23-11-6-7-17-29-23/h3-5,9-10,20,22-23H,6-8,11-19H2,1-2H3,(H,25,26). The first kappa shape index (κ1) is 23.0. The lowest BCUT2D eigenvalue weighted by Crippen LogP contribution is -2.47. The van der Waals surface area contributed by atoms with E-state index in [4.69, 9.17) is 14.2 Å². The molecule has 2 saturated heterocycles. The number of likely N-dealkylation sites (tertiary alicyclic amines) is 1. The minimum Gasteiger partial charge on any atom is -0.376 e. The van der Waals surface area contributed by atoms with Gasteiger partial charge in [0.1, 0.15) is 0 Å². The molecule has 0 aliphatic carbocycles. The summed E-state index contributed by atoms with van der Waals surface area (Å²) >= 11 is 0. The number of benzene rings is 1. The Labute approximate surface area is 182 Å². The van der Waals surface area contributed by atoms with Crippen LogP contribution in [0.5, 0.6) is 0 Å². The van der Waals surface area contributed by atoms with Crippen LogP contribution in [0.4, 0.5) is 0 Å². The van der Waals surface area contributed by atoms with Crippen LogP contribution in [0.2, 0.25) is 0 Å². The first-order valence-electron chi connectivity index (χ1n) is 11.6.